The summed E-state index contributed by atoms with van der Waals surface area (Å²) in [5, 5.41) is 1.43. The van der Waals surface area contributed by atoms with Crippen LogP contribution in [-0.4, -0.2) is 28.7 Å². The second-order valence-electron chi connectivity index (χ2n) is 2.23. The monoisotopic (exact) mass is 258 g/mol. The summed E-state index contributed by atoms with van der Waals surface area (Å²) < 4.78 is 33.7. The van der Waals surface area contributed by atoms with Gasteiger partial charge >= 0.3 is 12.2 Å². The topological polar surface area (TPSA) is 58.5 Å². The first-order valence-electron chi connectivity index (χ1n) is 2.93. The molecule has 0 aromatic rings. The number of carbonyl (C=O) groups excluding carboxylic acids is 2. The quantitative estimate of drug-likeness (QED) is 0.660. The van der Waals surface area contributed by atoms with Crippen LogP contribution in [0.4, 0.5) is 18.0 Å². The summed E-state index contributed by atoms with van der Waals surface area (Å²) in [7, 11) is 0. The molecule has 72 valence electrons. The molecule has 0 fully saturated rings. The van der Waals surface area contributed by atoms with Gasteiger partial charge in [0.05, 0.1) is 0 Å². The van der Waals surface area contributed by atoms with E-state index in [-0.39, 0.29) is 6.21 Å². The predicted octanol–water partition coefficient (Wildman–Crippen LogP) is 1.00. The van der Waals surface area contributed by atoms with Gasteiger partial charge in [0.1, 0.15) is 0 Å². The molecular formula is C5H2BrF3N2O2. The summed E-state index contributed by atoms with van der Waals surface area (Å²) in [4.78, 5) is 24.0. The van der Waals surface area contributed by atoms with Gasteiger partial charge in [0, 0.05) is 6.21 Å². The number of aliphatic imine (C=N–C) groups is 1. The number of alkyl halides is 4. The lowest BCUT2D eigenvalue weighted by Crippen LogP contribution is -2.57. The Morgan fingerprint density at radius 1 is 1.46 bits per heavy atom. The van der Waals surface area contributed by atoms with Crippen LogP contribution in [-0.2, 0) is 4.79 Å². The Labute approximate surface area is 78.3 Å². The molecule has 0 saturated heterocycles. The van der Waals surface area contributed by atoms with Crippen molar-refractivity contribution in [1.82, 2.24) is 5.32 Å². The summed E-state index contributed by atoms with van der Waals surface area (Å²) in [5.41, 5.74) is 0. The molecule has 3 amide bonds. The number of hydrogen-bond acceptors (Lipinski definition) is 2. The average Bonchev–Trinajstić information content (AvgIpc) is 1.95. The minimum absolute atomic E-state index is 0.230. The van der Waals surface area contributed by atoms with Gasteiger partial charge in [0.15, 0.2) is 0 Å². The van der Waals surface area contributed by atoms with Crippen LogP contribution < -0.4 is 5.32 Å². The van der Waals surface area contributed by atoms with Crippen molar-refractivity contribution in [3.05, 3.63) is 0 Å². The molecule has 0 saturated carbocycles. The highest BCUT2D eigenvalue weighted by Gasteiger charge is 2.59. The van der Waals surface area contributed by atoms with Crippen LogP contribution in [0.1, 0.15) is 0 Å². The van der Waals surface area contributed by atoms with Crippen molar-refractivity contribution in [2.75, 3.05) is 0 Å². The summed E-state index contributed by atoms with van der Waals surface area (Å²) in [5.74, 6) is -1.49. The molecule has 8 heteroatoms. The Kier molecular flexibility index (Phi) is 2.18. The van der Waals surface area contributed by atoms with Crippen molar-refractivity contribution < 1.29 is 22.8 Å². The fourth-order valence-corrected chi connectivity index (χ4v) is 0.830. The molecule has 0 spiro atoms. The second-order valence-corrected chi connectivity index (χ2v) is 3.48. The van der Waals surface area contributed by atoms with Crippen molar-refractivity contribution in [2.24, 2.45) is 4.99 Å². The number of amides is 3. The number of rotatable bonds is 0. The largest absolute Gasteiger partial charge is 0.417 e. The zero-order valence-electron chi connectivity index (χ0n) is 5.85. The van der Waals surface area contributed by atoms with Gasteiger partial charge in [-0.05, 0) is 0 Å². The van der Waals surface area contributed by atoms with E-state index in [2.05, 4.69) is 20.9 Å². The van der Waals surface area contributed by atoms with E-state index >= 15 is 0 Å². The van der Waals surface area contributed by atoms with Crippen molar-refractivity contribution in [3.8, 4) is 0 Å². The SMILES string of the molecule is O=C1N=CC(Br)(C(F)(F)F)C(=O)N1. The summed E-state index contributed by atoms with van der Waals surface area (Å²) in [6.45, 7) is 0. The Morgan fingerprint density at radius 3 is 2.38 bits per heavy atom. The van der Waals surface area contributed by atoms with Gasteiger partial charge in [-0.2, -0.15) is 13.2 Å². The van der Waals surface area contributed by atoms with Gasteiger partial charge < -0.3 is 0 Å². The number of nitrogens with one attached hydrogen (secondary N) is 1. The second kappa shape index (κ2) is 2.79. The molecule has 0 aliphatic carbocycles. The lowest BCUT2D eigenvalue weighted by atomic mass is 10.1. The highest BCUT2D eigenvalue weighted by atomic mass is 79.9. The van der Waals surface area contributed by atoms with Gasteiger partial charge in [-0.3, -0.25) is 10.1 Å². The lowest BCUT2D eigenvalue weighted by Gasteiger charge is -2.26. The molecule has 0 aromatic carbocycles. The minimum Gasteiger partial charge on any atom is -0.274 e. The molecule has 1 unspecified atom stereocenters. The van der Waals surface area contributed by atoms with Crippen molar-refractivity contribution in [3.63, 3.8) is 0 Å². The van der Waals surface area contributed by atoms with Gasteiger partial charge in [-0.25, -0.2) is 9.79 Å². The first kappa shape index (κ1) is 10.2. The first-order chi connectivity index (χ1) is 5.77. The van der Waals surface area contributed by atoms with E-state index in [0.717, 1.165) is 0 Å². The van der Waals surface area contributed by atoms with Crippen molar-refractivity contribution in [1.29, 1.82) is 0 Å². The maximum Gasteiger partial charge on any atom is 0.417 e. The predicted molar refractivity (Wildman–Crippen MR) is 39.7 cm³/mol. The number of hydrogen-bond donors (Lipinski definition) is 1. The molecule has 4 nitrogen and oxygen atoms in total. The molecular weight excluding hydrogens is 257 g/mol. The van der Waals surface area contributed by atoms with E-state index in [9.17, 15) is 22.8 Å². The minimum atomic E-state index is -4.83. The Hall–Kier alpha value is -0.920. The van der Waals surface area contributed by atoms with E-state index in [4.69, 9.17) is 0 Å². The fraction of sp³-hybridized carbons (Fsp3) is 0.400. The molecule has 1 aliphatic heterocycles. The number of urea groups is 1. The standard InChI is InChI=1S/C5H2BrF3N2O2/c6-4(5(7,8)9)1-10-3(13)11-2(4)12/h1H,(H,11,12,13). The summed E-state index contributed by atoms with van der Waals surface area (Å²) in [6.07, 6.45) is -4.60. The summed E-state index contributed by atoms with van der Waals surface area (Å²) in [6, 6.07) is -1.11. The van der Waals surface area contributed by atoms with Gasteiger partial charge in [0.25, 0.3) is 5.91 Å². The molecule has 1 heterocycles. The van der Waals surface area contributed by atoms with Gasteiger partial charge in [-0.1, -0.05) is 15.9 Å². The summed E-state index contributed by atoms with van der Waals surface area (Å²) >= 11 is 2.17. The first-order valence-corrected chi connectivity index (χ1v) is 3.73. The molecule has 1 atom stereocenters. The molecule has 13 heavy (non-hydrogen) atoms. The van der Waals surface area contributed by atoms with Crippen LogP contribution >= 0.6 is 15.9 Å². The number of carbonyl (C=O) groups is 2. The van der Waals surface area contributed by atoms with E-state index in [1.165, 1.54) is 5.32 Å². The van der Waals surface area contributed by atoms with Crippen molar-refractivity contribution >= 4 is 34.1 Å². The number of nitrogens with zero attached hydrogens (tertiary/aromatic N) is 1. The van der Waals surface area contributed by atoms with Crippen LogP contribution in [0.25, 0.3) is 0 Å². The van der Waals surface area contributed by atoms with E-state index in [1.54, 1.807) is 0 Å². The van der Waals surface area contributed by atoms with E-state index < -0.39 is 22.4 Å². The van der Waals surface area contributed by atoms with Gasteiger partial charge in [-0.15, -0.1) is 0 Å². The molecule has 1 N–H and O–H groups in total. The van der Waals surface area contributed by atoms with Crippen LogP contribution in [0, 0.1) is 0 Å². The molecule has 1 aliphatic rings. The van der Waals surface area contributed by atoms with Crippen LogP contribution in [0.5, 0.6) is 0 Å². The molecule has 0 aromatic heterocycles. The fourth-order valence-electron chi connectivity index (χ4n) is 0.628. The van der Waals surface area contributed by atoms with Crippen molar-refractivity contribution in [2.45, 2.75) is 10.5 Å². The molecule has 1 rings (SSSR count). The Balaban J connectivity index is 3.11. The highest BCUT2D eigenvalue weighted by molar-refractivity contribution is 9.10. The third kappa shape index (κ3) is 1.58. The van der Waals surface area contributed by atoms with E-state index in [0.29, 0.717) is 0 Å². The highest BCUT2D eigenvalue weighted by Crippen LogP contribution is 2.37. The van der Waals surface area contributed by atoms with Crippen LogP contribution in [0.3, 0.4) is 0 Å². The maximum absolute atomic E-state index is 12.2. The zero-order chi connectivity index (χ0) is 10.3. The smallest absolute Gasteiger partial charge is 0.274 e. The third-order valence-electron chi connectivity index (χ3n) is 1.32. The molecule has 0 bridgehead atoms. The Morgan fingerprint density at radius 2 is 2.00 bits per heavy atom. The van der Waals surface area contributed by atoms with Gasteiger partial charge in [0.2, 0.25) is 4.32 Å². The lowest BCUT2D eigenvalue weighted by molar-refractivity contribution is -0.157. The Bertz CT molecular complexity index is 301. The molecule has 0 radical (unpaired) electrons. The average molecular weight is 259 g/mol. The van der Waals surface area contributed by atoms with Crippen LogP contribution in [0.2, 0.25) is 0 Å². The van der Waals surface area contributed by atoms with E-state index in [1.807, 2.05) is 0 Å². The third-order valence-corrected chi connectivity index (χ3v) is 2.34. The zero-order valence-corrected chi connectivity index (χ0v) is 7.44. The number of halogens is 4. The van der Waals surface area contributed by atoms with Crippen LogP contribution in [0.15, 0.2) is 4.99 Å². The maximum atomic E-state index is 12.2. The normalized spacial score (nSPS) is 28.9. The number of imide groups is 1.